The van der Waals surface area contributed by atoms with Gasteiger partial charge < -0.3 is 11.1 Å². The largest absolute Gasteiger partial charge is 0.387 e. The molecule has 3 N–H and O–H groups in total. The number of pyridine rings is 1. The van der Waals surface area contributed by atoms with Gasteiger partial charge >= 0.3 is 0 Å². The van der Waals surface area contributed by atoms with Crippen LogP contribution in [0, 0.1) is 0 Å². The molecule has 11 heavy (non-hydrogen) atoms. The maximum atomic E-state index is 5.62. The van der Waals surface area contributed by atoms with E-state index < -0.39 is 0 Å². The molecule has 1 heterocycles. The number of hydrogen-bond acceptors (Lipinski definition) is 3. The first-order valence-electron chi connectivity index (χ1n) is 3.70. The molecule has 3 nitrogen and oxygen atoms in total. The third-order valence-corrected chi connectivity index (χ3v) is 1.67. The Morgan fingerprint density at radius 3 is 2.91 bits per heavy atom. The van der Waals surface area contributed by atoms with E-state index in [1.807, 2.05) is 13.1 Å². The quantitative estimate of drug-likeness (QED) is 0.669. The number of aromatic nitrogens is 1. The molecule has 3 heteroatoms. The van der Waals surface area contributed by atoms with Crippen LogP contribution in [0.3, 0.4) is 0 Å². The second kappa shape index (κ2) is 3.23. The van der Waals surface area contributed by atoms with Crippen molar-refractivity contribution in [2.75, 3.05) is 18.1 Å². The van der Waals surface area contributed by atoms with Gasteiger partial charge in [-0.2, -0.15) is 0 Å². The summed E-state index contributed by atoms with van der Waals surface area (Å²) in [7, 11) is 1.87. The number of hydrogen-bond donors (Lipinski definition) is 2. The Labute approximate surface area is 66.6 Å². The summed E-state index contributed by atoms with van der Waals surface area (Å²) in [5.41, 5.74) is 7.72. The maximum absolute atomic E-state index is 5.62. The van der Waals surface area contributed by atoms with Crippen molar-refractivity contribution in [3.05, 3.63) is 17.8 Å². The van der Waals surface area contributed by atoms with E-state index in [-0.39, 0.29) is 0 Å². The van der Waals surface area contributed by atoms with Gasteiger partial charge in [0.15, 0.2) is 0 Å². The lowest BCUT2D eigenvalue weighted by Gasteiger charge is -2.04. The van der Waals surface area contributed by atoms with Crippen molar-refractivity contribution in [1.29, 1.82) is 0 Å². The molecule has 0 aromatic carbocycles. The average Bonchev–Trinajstić information content (AvgIpc) is 2.05. The van der Waals surface area contributed by atoms with Gasteiger partial charge in [0.2, 0.25) is 0 Å². The van der Waals surface area contributed by atoms with E-state index in [0.717, 1.165) is 17.7 Å². The van der Waals surface area contributed by atoms with Gasteiger partial charge in [-0.1, -0.05) is 6.92 Å². The van der Waals surface area contributed by atoms with Gasteiger partial charge in [0.25, 0.3) is 0 Å². The van der Waals surface area contributed by atoms with E-state index in [4.69, 9.17) is 5.73 Å². The van der Waals surface area contributed by atoms with Crippen LogP contribution in [-0.4, -0.2) is 12.0 Å². The summed E-state index contributed by atoms with van der Waals surface area (Å²) < 4.78 is 0. The Morgan fingerprint density at radius 1 is 1.64 bits per heavy atom. The first-order valence-corrected chi connectivity index (χ1v) is 3.70. The second-order valence-corrected chi connectivity index (χ2v) is 2.37. The molecule has 0 unspecified atom stereocenters. The third-order valence-electron chi connectivity index (χ3n) is 1.67. The fraction of sp³-hybridized carbons (Fsp3) is 0.375. The molecular formula is C8H13N3. The Balaban J connectivity index is 3.02. The highest BCUT2D eigenvalue weighted by molar-refractivity contribution is 5.50. The average molecular weight is 151 g/mol. The maximum Gasteiger partial charge on any atom is 0.126 e. The fourth-order valence-electron chi connectivity index (χ4n) is 0.941. The van der Waals surface area contributed by atoms with E-state index in [2.05, 4.69) is 17.2 Å². The van der Waals surface area contributed by atoms with E-state index in [1.54, 1.807) is 6.20 Å². The molecular weight excluding hydrogens is 138 g/mol. The van der Waals surface area contributed by atoms with Crippen LogP contribution in [0.2, 0.25) is 0 Å². The summed E-state index contributed by atoms with van der Waals surface area (Å²) in [6.07, 6.45) is 2.66. The lowest BCUT2D eigenvalue weighted by atomic mass is 10.2. The van der Waals surface area contributed by atoms with Crippen molar-refractivity contribution in [3.63, 3.8) is 0 Å². The summed E-state index contributed by atoms with van der Waals surface area (Å²) in [6.45, 7) is 2.06. The predicted molar refractivity (Wildman–Crippen MR) is 47.6 cm³/mol. The van der Waals surface area contributed by atoms with Gasteiger partial charge in [0.1, 0.15) is 5.82 Å². The highest BCUT2D eigenvalue weighted by Gasteiger charge is 1.97. The molecule has 0 aliphatic carbocycles. The Bertz CT molecular complexity index is 245. The third kappa shape index (κ3) is 1.61. The molecule has 1 rings (SSSR count). The van der Waals surface area contributed by atoms with E-state index >= 15 is 0 Å². The smallest absolute Gasteiger partial charge is 0.126 e. The topological polar surface area (TPSA) is 50.9 Å². The van der Waals surface area contributed by atoms with Gasteiger partial charge in [-0.05, 0) is 18.1 Å². The number of anilines is 2. The standard InChI is InChI=1S/C8H13N3/c1-3-6-4-7(10-2)5-11-8(6)9/h4-5,10H,3H2,1-2H3,(H2,9,11). The molecule has 0 bridgehead atoms. The molecule has 0 aliphatic rings. The van der Waals surface area contributed by atoms with Crippen LogP contribution in [0.4, 0.5) is 11.5 Å². The van der Waals surface area contributed by atoms with E-state index in [9.17, 15) is 0 Å². The monoisotopic (exact) mass is 151 g/mol. The Morgan fingerprint density at radius 2 is 2.36 bits per heavy atom. The predicted octanol–water partition coefficient (Wildman–Crippen LogP) is 1.27. The minimum atomic E-state index is 0.631. The van der Waals surface area contributed by atoms with Gasteiger partial charge in [0.05, 0.1) is 11.9 Å². The molecule has 0 radical (unpaired) electrons. The van der Waals surface area contributed by atoms with E-state index in [1.165, 1.54) is 0 Å². The summed E-state index contributed by atoms with van der Waals surface area (Å²) >= 11 is 0. The van der Waals surface area contributed by atoms with Crippen molar-refractivity contribution in [2.45, 2.75) is 13.3 Å². The number of nitrogen functional groups attached to an aromatic ring is 1. The first kappa shape index (κ1) is 7.85. The van der Waals surface area contributed by atoms with Gasteiger partial charge in [-0.25, -0.2) is 4.98 Å². The van der Waals surface area contributed by atoms with Crippen LogP contribution >= 0.6 is 0 Å². The van der Waals surface area contributed by atoms with Crippen LogP contribution in [0.1, 0.15) is 12.5 Å². The van der Waals surface area contributed by atoms with Crippen molar-refractivity contribution >= 4 is 11.5 Å². The Kier molecular flexibility index (Phi) is 2.31. The fourth-order valence-corrected chi connectivity index (χ4v) is 0.941. The van der Waals surface area contributed by atoms with Crippen LogP contribution in [0.15, 0.2) is 12.3 Å². The SMILES string of the molecule is CCc1cc(NC)cnc1N. The lowest BCUT2D eigenvalue weighted by molar-refractivity contribution is 1.11. The van der Waals surface area contributed by atoms with Crippen LogP contribution in [0.5, 0.6) is 0 Å². The first-order chi connectivity index (χ1) is 5.27. The number of aryl methyl sites for hydroxylation is 1. The van der Waals surface area contributed by atoms with Crippen molar-refractivity contribution in [1.82, 2.24) is 4.98 Å². The molecule has 0 atom stereocenters. The number of rotatable bonds is 2. The molecule has 1 aromatic rings. The number of nitrogens with two attached hydrogens (primary N) is 1. The molecule has 60 valence electrons. The van der Waals surface area contributed by atoms with Crippen molar-refractivity contribution < 1.29 is 0 Å². The van der Waals surface area contributed by atoms with Crippen LogP contribution in [-0.2, 0) is 6.42 Å². The summed E-state index contributed by atoms with van der Waals surface area (Å²) in [5.74, 6) is 0.631. The zero-order valence-electron chi connectivity index (χ0n) is 6.89. The number of nitrogens with one attached hydrogen (secondary N) is 1. The highest BCUT2D eigenvalue weighted by Crippen LogP contribution is 2.13. The number of nitrogens with zero attached hydrogens (tertiary/aromatic N) is 1. The molecule has 1 aromatic heterocycles. The summed E-state index contributed by atoms with van der Waals surface area (Å²) in [5, 5.41) is 3.01. The van der Waals surface area contributed by atoms with Crippen LogP contribution in [0.25, 0.3) is 0 Å². The van der Waals surface area contributed by atoms with Gasteiger partial charge in [-0.15, -0.1) is 0 Å². The minimum absolute atomic E-state index is 0.631. The zero-order chi connectivity index (χ0) is 8.27. The molecule has 0 amide bonds. The van der Waals surface area contributed by atoms with Gasteiger partial charge in [0, 0.05) is 7.05 Å². The summed E-state index contributed by atoms with van der Waals surface area (Å²) in [4.78, 5) is 4.04. The normalized spacial score (nSPS) is 9.64. The zero-order valence-corrected chi connectivity index (χ0v) is 6.89. The van der Waals surface area contributed by atoms with E-state index in [0.29, 0.717) is 5.82 Å². The van der Waals surface area contributed by atoms with Gasteiger partial charge in [-0.3, -0.25) is 0 Å². The minimum Gasteiger partial charge on any atom is -0.387 e. The molecule has 0 aliphatic heterocycles. The molecule has 0 saturated carbocycles. The highest BCUT2D eigenvalue weighted by atomic mass is 14.9. The lowest BCUT2D eigenvalue weighted by Crippen LogP contribution is -1.98. The molecule has 0 spiro atoms. The Hall–Kier alpha value is -1.25. The van der Waals surface area contributed by atoms with Crippen molar-refractivity contribution in [3.8, 4) is 0 Å². The van der Waals surface area contributed by atoms with Crippen LogP contribution < -0.4 is 11.1 Å². The summed E-state index contributed by atoms with van der Waals surface area (Å²) in [6, 6.07) is 2.02. The molecule has 0 saturated heterocycles. The van der Waals surface area contributed by atoms with Crippen molar-refractivity contribution in [2.24, 2.45) is 0 Å². The molecule has 0 fully saturated rings. The second-order valence-electron chi connectivity index (χ2n) is 2.37.